The van der Waals surface area contributed by atoms with Gasteiger partial charge in [0.25, 0.3) is 0 Å². The molecular weight excluding hydrogens is 322 g/mol. The van der Waals surface area contributed by atoms with Gasteiger partial charge < -0.3 is 14.6 Å². The Morgan fingerprint density at radius 3 is 2.80 bits per heavy atom. The van der Waals surface area contributed by atoms with Crippen LogP contribution >= 0.6 is 15.9 Å². The molecule has 0 atom stereocenters. The van der Waals surface area contributed by atoms with Crippen molar-refractivity contribution in [1.29, 1.82) is 0 Å². The van der Waals surface area contributed by atoms with Crippen molar-refractivity contribution in [3.63, 3.8) is 0 Å². The van der Waals surface area contributed by atoms with E-state index in [4.69, 9.17) is 9.47 Å². The van der Waals surface area contributed by atoms with Gasteiger partial charge in [0.05, 0.1) is 30.8 Å². The van der Waals surface area contributed by atoms with Crippen LogP contribution in [0.3, 0.4) is 0 Å². The number of pyridine rings is 1. The fourth-order valence-corrected chi connectivity index (χ4v) is 2.64. The molecule has 0 radical (unpaired) electrons. The summed E-state index contributed by atoms with van der Waals surface area (Å²) in [6.45, 7) is 3.64. The van der Waals surface area contributed by atoms with E-state index in [9.17, 15) is 5.11 Å². The highest BCUT2D eigenvalue weighted by molar-refractivity contribution is 9.10. The van der Waals surface area contributed by atoms with Gasteiger partial charge in [0.1, 0.15) is 6.61 Å². The predicted octanol–water partition coefficient (Wildman–Crippen LogP) is 2.69. The molecule has 0 aliphatic carbocycles. The minimum absolute atomic E-state index is 0.0747. The maximum Gasteiger partial charge on any atom is 0.213 e. The largest absolute Gasteiger partial charge is 0.477 e. The molecule has 5 heteroatoms. The normalized spacial score (nSPS) is 16.9. The minimum Gasteiger partial charge on any atom is -0.477 e. The first-order valence-electron chi connectivity index (χ1n) is 6.51. The number of aromatic nitrogens is 1. The van der Waals surface area contributed by atoms with Crippen molar-refractivity contribution in [3.05, 3.63) is 34.3 Å². The standard InChI is InChI=1S/C15H16BrNO3/c1-10-2-4-12-11(14(10)16)3-5-13(17-12)20-9-15(6-18)7-19-8-15/h2-5,18H,6-9H2,1H3. The van der Waals surface area contributed by atoms with Crippen molar-refractivity contribution >= 4 is 26.8 Å². The smallest absolute Gasteiger partial charge is 0.213 e. The molecule has 0 saturated carbocycles. The van der Waals surface area contributed by atoms with Crippen molar-refractivity contribution < 1.29 is 14.6 Å². The van der Waals surface area contributed by atoms with E-state index < -0.39 is 0 Å². The molecule has 1 aromatic carbocycles. The Kier molecular flexibility index (Phi) is 3.67. The second-order valence-electron chi connectivity index (χ2n) is 5.35. The Hall–Kier alpha value is -1.17. The van der Waals surface area contributed by atoms with Crippen molar-refractivity contribution in [2.24, 2.45) is 5.41 Å². The van der Waals surface area contributed by atoms with E-state index >= 15 is 0 Å². The van der Waals surface area contributed by atoms with E-state index in [1.165, 1.54) is 5.56 Å². The molecule has 1 fully saturated rings. The van der Waals surface area contributed by atoms with Crippen molar-refractivity contribution in [3.8, 4) is 5.88 Å². The molecule has 1 aliphatic rings. The molecule has 1 saturated heterocycles. The average Bonchev–Trinajstić information content (AvgIpc) is 2.42. The predicted molar refractivity (Wildman–Crippen MR) is 80.0 cm³/mol. The van der Waals surface area contributed by atoms with Crippen LogP contribution in [0.2, 0.25) is 0 Å². The Balaban J connectivity index is 1.81. The molecule has 1 N–H and O–H groups in total. The molecule has 0 amide bonds. The van der Waals surface area contributed by atoms with Gasteiger partial charge in [-0.25, -0.2) is 4.98 Å². The van der Waals surface area contributed by atoms with Crippen LogP contribution in [0.1, 0.15) is 5.56 Å². The molecule has 3 rings (SSSR count). The third-order valence-electron chi connectivity index (χ3n) is 3.65. The van der Waals surface area contributed by atoms with Crippen LogP contribution in [0, 0.1) is 12.3 Å². The molecule has 0 unspecified atom stereocenters. The van der Waals surface area contributed by atoms with E-state index in [0.717, 1.165) is 15.4 Å². The van der Waals surface area contributed by atoms with Crippen LogP contribution in [0.25, 0.3) is 10.9 Å². The van der Waals surface area contributed by atoms with Crippen LogP contribution in [0.5, 0.6) is 5.88 Å². The van der Waals surface area contributed by atoms with Crippen molar-refractivity contribution in [2.45, 2.75) is 6.92 Å². The number of fused-ring (bicyclic) bond motifs is 1. The van der Waals surface area contributed by atoms with E-state index in [2.05, 4.69) is 27.8 Å². The summed E-state index contributed by atoms with van der Waals surface area (Å²) >= 11 is 3.58. The Morgan fingerprint density at radius 1 is 1.35 bits per heavy atom. The molecule has 4 nitrogen and oxygen atoms in total. The van der Waals surface area contributed by atoms with Crippen LogP contribution in [0.15, 0.2) is 28.7 Å². The van der Waals surface area contributed by atoms with Crippen LogP contribution in [-0.4, -0.2) is 36.5 Å². The monoisotopic (exact) mass is 337 g/mol. The molecule has 2 aromatic rings. The number of aryl methyl sites for hydroxylation is 1. The van der Waals surface area contributed by atoms with Crippen LogP contribution in [-0.2, 0) is 4.74 Å². The van der Waals surface area contributed by atoms with Gasteiger partial charge >= 0.3 is 0 Å². The SMILES string of the molecule is Cc1ccc2nc(OCC3(CO)COC3)ccc2c1Br. The zero-order valence-electron chi connectivity index (χ0n) is 11.2. The highest BCUT2D eigenvalue weighted by Gasteiger charge is 2.39. The Labute approximate surface area is 125 Å². The van der Waals surface area contributed by atoms with E-state index in [-0.39, 0.29) is 12.0 Å². The first kappa shape index (κ1) is 13.8. The summed E-state index contributed by atoms with van der Waals surface area (Å²) in [6.07, 6.45) is 0. The lowest BCUT2D eigenvalue weighted by Crippen LogP contribution is -2.50. The van der Waals surface area contributed by atoms with Crippen LogP contribution in [0.4, 0.5) is 0 Å². The first-order valence-corrected chi connectivity index (χ1v) is 7.30. The molecule has 1 aromatic heterocycles. The van der Waals surface area contributed by atoms with Gasteiger partial charge in [-0.15, -0.1) is 0 Å². The topological polar surface area (TPSA) is 51.6 Å². The van der Waals surface area contributed by atoms with E-state index in [1.54, 1.807) is 0 Å². The highest BCUT2D eigenvalue weighted by Crippen LogP contribution is 2.30. The van der Waals surface area contributed by atoms with Gasteiger partial charge in [0.2, 0.25) is 5.88 Å². The van der Waals surface area contributed by atoms with Crippen LogP contribution < -0.4 is 4.74 Å². The second kappa shape index (κ2) is 5.31. The molecule has 2 heterocycles. The number of hydrogen-bond donors (Lipinski definition) is 1. The summed E-state index contributed by atoms with van der Waals surface area (Å²) in [4.78, 5) is 4.50. The van der Waals surface area contributed by atoms with Gasteiger partial charge in [-0.3, -0.25) is 0 Å². The lowest BCUT2D eigenvalue weighted by molar-refractivity contribution is -0.153. The second-order valence-corrected chi connectivity index (χ2v) is 6.15. The van der Waals surface area contributed by atoms with E-state index in [0.29, 0.717) is 25.7 Å². The average molecular weight is 338 g/mol. The third kappa shape index (κ3) is 2.41. The molecular formula is C15H16BrNO3. The number of rotatable bonds is 4. The van der Waals surface area contributed by atoms with Gasteiger partial charge in [-0.2, -0.15) is 0 Å². The van der Waals surface area contributed by atoms with Gasteiger partial charge in [-0.05, 0) is 40.5 Å². The lowest BCUT2D eigenvalue weighted by atomic mass is 9.88. The minimum atomic E-state index is -0.259. The number of aliphatic hydroxyl groups excluding tert-OH is 1. The molecule has 106 valence electrons. The zero-order chi connectivity index (χ0) is 14.2. The first-order chi connectivity index (χ1) is 9.63. The maximum atomic E-state index is 9.37. The van der Waals surface area contributed by atoms with Crippen molar-refractivity contribution in [1.82, 2.24) is 4.98 Å². The third-order valence-corrected chi connectivity index (χ3v) is 4.70. The summed E-state index contributed by atoms with van der Waals surface area (Å²) in [5.41, 5.74) is 1.81. The Morgan fingerprint density at radius 2 is 2.15 bits per heavy atom. The van der Waals surface area contributed by atoms with Gasteiger partial charge in [0, 0.05) is 15.9 Å². The number of benzene rings is 1. The highest BCUT2D eigenvalue weighted by atomic mass is 79.9. The fraction of sp³-hybridized carbons (Fsp3) is 0.400. The summed E-state index contributed by atoms with van der Waals surface area (Å²) in [5, 5.41) is 10.4. The number of nitrogens with zero attached hydrogens (tertiary/aromatic N) is 1. The maximum absolute atomic E-state index is 9.37. The number of ether oxygens (including phenoxy) is 2. The summed E-state index contributed by atoms with van der Waals surface area (Å²) in [6, 6.07) is 7.86. The number of halogens is 1. The van der Waals surface area contributed by atoms with Crippen molar-refractivity contribution in [2.75, 3.05) is 26.4 Å². The molecule has 0 spiro atoms. The zero-order valence-corrected chi connectivity index (χ0v) is 12.8. The number of aliphatic hydroxyl groups is 1. The fourth-order valence-electron chi connectivity index (χ4n) is 2.18. The lowest BCUT2D eigenvalue weighted by Gasteiger charge is -2.39. The number of hydrogen-bond acceptors (Lipinski definition) is 4. The van der Waals surface area contributed by atoms with E-state index in [1.807, 2.05) is 24.3 Å². The summed E-state index contributed by atoms with van der Waals surface area (Å²) < 4.78 is 11.9. The summed E-state index contributed by atoms with van der Waals surface area (Å²) in [5.74, 6) is 0.577. The quantitative estimate of drug-likeness (QED) is 0.931. The molecule has 20 heavy (non-hydrogen) atoms. The Bertz CT molecular complexity index is 635. The van der Waals surface area contributed by atoms with Gasteiger partial charge in [0.15, 0.2) is 0 Å². The molecule has 0 bridgehead atoms. The summed E-state index contributed by atoms with van der Waals surface area (Å²) in [7, 11) is 0. The molecule has 1 aliphatic heterocycles. The van der Waals surface area contributed by atoms with Gasteiger partial charge in [-0.1, -0.05) is 6.07 Å².